The van der Waals surface area contributed by atoms with Gasteiger partial charge in [0, 0.05) is 29.9 Å². The molecule has 4 rings (SSSR count). The van der Waals surface area contributed by atoms with Gasteiger partial charge < -0.3 is 14.6 Å². The van der Waals surface area contributed by atoms with Gasteiger partial charge in [-0.3, -0.25) is 0 Å². The van der Waals surface area contributed by atoms with Gasteiger partial charge in [0.2, 0.25) is 5.95 Å². The number of nitriles is 1. The van der Waals surface area contributed by atoms with Gasteiger partial charge in [-0.1, -0.05) is 23.7 Å². The molecule has 2 aromatic heterocycles. The number of nitrogens with one attached hydrogen (secondary N) is 2. The largest absolute Gasteiger partial charge is 0.378 e. The van der Waals surface area contributed by atoms with Crippen molar-refractivity contribution in [2.45, 2.75) is 0 Å². The fourth-order valence-electron chi connectivity index (χ4n) is 3.01. The molecule has 1 aliphatic heterocycles. The van der Waals surface area contributed by atoms with Crippen molar-refractivity contribution in [1.29, 1.82) is 5.26 Å². The Hall–Kier alpha value is -3.41. The van der Waals surface area contributed by atoms with Crippen LogP contribution in [0.3, 0.4) is 0 Å². The van der Waals surface area contributed by atoms with Crippen molar-refractivity contribution in [2.24, 2.45) is 5.10 Å². The molecule has 1 saturated heterocycles. The van der Waals surface area contributed by atoms with E-state index in [9.17, 15) is 5.26 Å². The lowest BCUT2D eigenvalue weighted by atomic mass is 10.1. The summed E-state index contributed by atoms with van der Waals surface area (Å²) in [5, 5.41) is 14.7. The molecule has 1 fully saturated rings. The first-order valence-corrected chi connectivity index (χ1v) is 9.45. The number of nitrogens with zero attached hydrogens (tertiary/aromatic N) is 5. The van der Waals surface area contributed by atoms with Crippen LogP contribution >= 0.6 is 11.6 Å². The Bertz CT molecular complexity index is 1040. The number of halogens is 1. The van der Waals surface area contributed by atoms with Crippen molar-refractivity contribution in [2.75, 3.05) is 36.6 Å². The van der Waals surface area contributed by atoms with Crippen LogP contribution in [0.1, 0.15) is 11.3 Å². The summed E-state index contributed by atoms with van der Waals surface area (Å²) in [5.74, 6) is 0.867. The maximum Gasteiger partial charge on any atom is 0.246 e. The summed E-state index contributed by atoms with van der Waals surface area (Å²) in [6.07, 6.45) is 3.45. The predicted octanol–water partition coefficient (Wildman–Crippen LogP) is 3.28. The van der Waals surface area contributed by atoms with Crippen LogP contribution < -0.4 is 10.3 Å². The van der Waals surface area contributed by atoms with Gasteiger partial charge in [-0.25, -0.2) is 10.4 Å². The highest BCUT2D eigenvalue weighted by Gasteiger charge is 2.22. The number of hydrazone groups is 1. The van der Waals surface area contributed by atoms with E-state index < -0.39 is 0 Å². The summed E-state index contributed by atoms with van der Waals surface area (Å²) in [7, 11) is 0. The first-order chi connectivity index (χ1) is 14.2. The molecule has 0 aliphatic carbocycles. The molecule has 3 aromatic rings. The van der Waals surface area contributed by atoms with E-state index in [1.54, 1.807) is 18.3 Å². The summed E-state index contributed by atoms with van der Waals surface area (Å²) in [4.78, 5) is 14.2. The SMILES string of the molecule is N#Cc1c(-c2ccc(Cl)cc2)nc(N/N=C/c2ccc[nH]2)nc1N1CCOCC1. The quantitative estimate of drug-likeness (QED) is 0.497. The minimum absolute atomic E-state index is 0.304. The van der Waals surface area contributed by atoms with Crippen LogP contribution in [0.2, 0.25) is 5.02 Å². The Labute approximate surface area is 172 Å². The van der Waals surface area contributed by atoms with Crippen molar-refractivity contribution in [3.05, 3.63) is 58.9 Å². The van der Waals surface area contributed by atoms with Crippen LogP contribution in [0, 0.1) is 11.3 Å². The van der Waals surface area contributed by atoms with Crippen LogP contribution in [0.5, 0.6) is 0 Å². The van der Waals surface area contributed by atoms with E-state index in [0.29, 0.717) is 54.3 Å². The summed E-state index contributed by atoms with van der Waals surface area (Å²) in [6.45, 7) is 2.46. The van der Waals surface area contributed by atoms with Crippen LogP contribution in [0.4, 0.5) is 11.8 Å². The average molecular weight is 408 g/mol. The number of hydrogen-bond donors (Lipinski definition) is 2. The molecule has 0 atom stereocenters. The van der Waals surface area contributed by atoms with Gasteiger partial charge in [0.05, 0.1) is 30.8 Å². The highest BCUT2D eigenvalue weighted by Crippen LogP contribution is 2.30. The molecule has 1 aromatic carbocycles. The zero-order valence-electron chi connectivity index (χ0n) is 15.5. The van der Waals surface area contributed by atoms with E-state index >= 15 is 0 Å². The van der Waals surface area contributed by atoms with Crippen molar-refractivity contribution >= 4 is 29.6 Å². The maximum atomic E-state index is 9.87. The van der Waals surface area contributed by atoms with E-state index in [4.69, 9.17) is 16.3 Å². The number of benzene rings is 1. The van der Waals surface area contributed by atoms with Gasteiger partial charge in [0.1, 0.15) is 11.6 Å². The number of aromatic nitrogens is 3. The summed E-state index contributed by atoms with van der Waals surface area (Å²) in [5.41, 5.74) is 5.43. The monoisotopic (exact) mass is 407 g/mol. The average Bonchev–Trinajstić information content (AvgIpc) is 3.28. The topological polar surface area (TPSA) is 102 Å². The molecule has 0 unspecified atom stereocenters. The lowest BCUT2D eigenvalue weighted by Gasteiger charge is -2.29. The third-order valence-corrected chi connectivity index (χ3v) is 4.67. The van der Waals surface area contributed by atoms with E-state index in [2.05, 4.69) is 31.5 Å². The Morgan fingerprint density at radius 2 is 2.00 bits per heavy atom. The van der Waals surface area contributed by atoms with E-state index in [1.807, 2.05) is 35.4 Å². The normalized spacial score (nSPS) is 14.1. The van der Waals surface area contributed by atoms with Crippen LogP contribution in [-0.2, 0) is 4.74 Å². The van der Waals surface area contributed by atoms with Crippen LogP contribution in [-0.4, -0.2) is 47.5 Å². The van der Waals surface area contributed by atoms with Gasteiger partial charge >= 0.3 is 0 Å². The molecule has 0 bridgehead atoms. The highest BCUT2D eigenvalue weighted by atomic mass is 35.5. The Balaban J connectivity index is 1.75. The summed E-state index contributed by atoms with van der Waals surface area (Å²) < 4.78 is 5.43. The first-order valence-electron chi connectivity index (χ1n) is 9.08. The van der Waals surface area contributed by atoms with E-state index in [0.717, 1.165) is 11.3 Å². The second-order valence-electron chi connectivity index (χ2n) is 6.31. The molecule has 0 radical (unpaired) electrons. The predicted molar refractivity (Wildman–Crippen MR) is 112 cm³/mol. The third kappa shape index (κ3) is 4.37. The summed E-state index contributed by atoms with van der Waals surface area (Å²) >= 11 is 6.02. The molecule has 2 N–H and O–H groups in total. The zero-order valence-corrected chi connectivity index (χ0v) is 16.2. The standard InChI is InChI=1S/C20H18ClN7O/c21-15-5-3-14(4-6-15)18-17(12-22)19(28-8-10-29-11-9-28)26-20(25-18)27-24-13-16-2-1-7-23-16/h1-7,13,23H,8-11H2,(H,25,26,27)/b24-13+. The molecular formula is C20H18ClN7O. The van der Waals surface area contributed by atoms with E-state index in [1.165, 1.54) is 0 Å². The lowest BCUT2D eigenvalue weighted by molar-refractivity contribution is 0.122. The molecular weight excluding hydrogens is 390 g/mol. The zero-order chi connectivity index (χ0) is 20.1. The number of aromatic amines is 1. The third-order valence-electron chi connectivity index (χ3n) is 4.42. The molecule has 0 spiro atoms. The molecule has 146 valence electrons. The van der Waals surface area contributed by atoms with Gasteiger partial charge in [-0.15, -0.1) is 0 Å². The minimum atomic E-state index is 0.304. The van der Waals surface area contributed by atoms with Crippen molar-refractivity contribution in [3.8, 4) is 17.3 Å². The molecule has 3 heterocycles. The van der Waals surface area contributed by atoms with Gasteiger partial charge in [0.25, 0.3) is 0 Å². The molecule has 1 aliphatic rings. The number of hydrogen-bond acceptors (Lipinski definition) is 7. The van der Waals surface area contributed by atoms with Crippen LogP contribution in [0.15, 0.2) is 47.7 Å². The Morgan fingerprint density at radius 3 is 2.69 bits per heavy atom. The maximum absolute atomic E-state index is 9.87. The Morgan fingerprint density at radius 1 is 1.21 bits per heavy atom. The van der Waals surface area contributed by atoms with Gasteiger partial charge in [-0.2, -0.15) is 15.3 Å². The van der Waals surface area contributed by atoms with Crippen molar-refractivity contribution in [1.82, 2.24) is 15.0 Å². The number of H-pyrrole nitrogens is 1. The number of ether oxygens (including phenoxy) is 1. The molecule has 9 heteroatoms. The molecule has 0 saturated carbocycles. The van der Waals surface area contributed by atoms with Crippen molar-refractivity contribution < 1.29 is 4.74 Å². The fourth-order valence-corrected chi connectivity index (χ4v) is 3.13. The number of morpholine rings is 1. The second-order valence-corrected chi connectivity index (χ2v) is 6.74. The number of anilines is 2. The summed E-state index contributed by atoms with van der Waals surface area (Å²) in [6, 6.07) is 13.2. The van der Waals surface area contributed by atoms with Gasteiger partial charge in [-0.05, 0) is 24.3 Å². The number of rotatable bonds is 5. The molecule has 8 nitrogen and oxygen atoms in total. The lowest BCUT2D eigenvalue weighted by Crippen LogP contribution is -2.37. The minimum Gasteiger partial charge on any atom is -0.378 e. The van der Waals surface area contributed by atoms with Gasteiger partial charge in [0.15, 0.2) is 5.82 Å². The molecule has 0 amide bonds. The van der Waals surface area contributed by atoms with Crippen LogP contribution in [0.25, 0.3) is 11.3 Å². The van der Waals surface area contributed by atoms with E-state index in [-0.39, 0.29) is 0 Å². The molecule has 29 heavy (non-hydrogen) atoms. The van der Waals surface area contributed by atoms with Crippen molar-refractivity contribution in [3.63, 3.8) is 0 Å². The second kappa shape index (κ2) is 8.73. The first kappa shape index (κ1) is 18.9. The fraction of sp³-hybridized carbons (Fsp3) is 0.200. The highest BCUT2D eigenvalue weighted by molar-refractivity contribution is 6.30. The Kier molecular flexibility index (Phi) is 5.70. The smallest absolute Gasteiger partial charge is 0.246 e.